The third-order valence-corrected chi connectivity index (χ3v) is 2.68. The molecule has 0 heterocycles. The molecule has 0 fully saturated rings. The van der Waals surface area contributed by atoms with Crippen LogP contribution in [-0.4, -0.2) is 30.1 Å². The van der Waals surface area contributed by atoms with Gasteiger partial charge >= 0.3 is 5.97 Å². The number of carboxylic acids is 1. The summed E-state index contributed by atoms with van der Waals surface area (Å²) in [6.45, 7) is 1.67. The fraction of sp³-hybridized carbons (Fsp3) is 0.286. The van der Waals surface area contributed by atoms with E-state index in [4.69, 9.17) is 6.42 Å². The second-order valence-corrected chi connectivity index (χ2v) is 4.15. The maximum atomic E-state index is 11.7. The molecule has 3 N–H and O–H groups in total. The van der Waals surface area contributed by atoms with E-state index < -0.39 is 17.4 Å². The molecule has 1 amide bonds. The molecular formula is C14H16N2O3. The molecule has 0 bridgehead atoms. The molecule has 0 spiro atoms. The monoisotopic (exact) mass is 260 g/mol. The summed E-state index contributed by atoms with van der Waals surface area (Å²) in [7, 11) is 0. The molecule has 19 heavy (non-hydrogen) atoms. The van der Waals surface area contributed by atoms with Crippen LogP contribution in [0, 0.1) is 12.3 Å². The van der Waals surface area contributed by atoms with Gasteiger partial charge in [-0.15, -0.1) is 6.42 Å². The number of amides is 1. The average Bonchev–Trinajstić information content (AvgIpc) is 2.39. The lowest BCUT2D eigenvalue weighted by Gasteiger charge is -2.26. The van der Waals surface area contributed by atoms with Gasteiger partial charge in [0.05, 0.1) is 13.1 Å². The molecule has 1 aromatic carbocycles. The van der Waals surface area contributed by atoms with E-state index in [1.54, 1.807) is 30.3 Å². The Morgan fingerprint density at radius 2 is 2.00 bits per heavy atom. The number of carbonyl (C=O) groups is 2. The zero-order chi connectivity index (χ0) is 14.3. The van der Waals surface area contributed by atoms with E-state index in [9.17, 15) is 14.7 Å². The first-order valence-electron chi connectivity index (χ1n) is 5.75. The highest BCUT2D eigenvalue weighted by molar-refractivity contribution is 5.88. The molecule has 1 atom stereocenters. The van der Waals surface area contributed by atoms with Gasteiger partial charge in [-0.1, -0.05) is 36.3 Å². The summed E-state index contributed by atoms with van der Waals surface area (Å²) < 4.78 is 0. The minimum atomic E-state index is -1.46. The van der Waals surface area contributed by atoms with E-state index >= 15 is 0 Å². The van der Waals surface area contributed by atoms with Gasteiger partial charge in [-0.2, -0.15) is 0 Å². The van der Waals surface area contributed by atoms with Gasteiger partial charge in [0.2, 0.25) is 5.91 Å². The summed E-state index contributed by atoms with van der Waals surface area (Å²) >= 11 is 0. The third kappa shape index (κ3) is 3.83. The molecule has 0 aliphatic carbocycles. The lowest BCUT2D eigenvalue weighted by Crippen LogP contribution is -2.51. The van der Waals surface area contributed by atoms with Crippen LogP contribution in [0.5, 0.6) is 0 Å². The van der Waals surface area contributed by atoms with Gasteiger partial charge in [0.25, 0.3) is 0 Å². The van der Waals surface area contributed by atoms with Crippen molar-refractivity contribution in [2.24, 2.45) is 0 Å². The average molecular weight is 260 g/mol. The maximum Gasteiger partial charge on any atom is 0.333 e. The van der Waals surface area contributed by atoms with Gasteiger partial charge in [0.1, 0.15) is 0 Å². The van der Waals surface area contributed by atoms with E-state index in [0.29, 0.717) is 5.56 Å². The summed E-state index contributed by atoms with van der Waals surface area (Å²) in [5.41, 5.74) is -0.955. The lowest BCUT2D eigenvalue weighted by atomic mass is 9.92. The van der Waals surface area contributed by atoms with Gasteiger partial charge in [-0.05, 0) is 12.5 Å². The van der Waals surface area contributed by atoms with Crippen molar-refractivity contribution in [3.05, 3.63) is 35.9 Å². The molecule has 0 saturated carbocycles. The van der Waals surface area contributed by atoms with Crippen molar-refractivity contribution in [2.75, 3.05) is 13.1 Å². The normalized spacial score (nSPS) is 13.1. The van der Waals surface area contributed by atoms with Crippen molar-refractivity contribution in [3.8, 4) is 12.3 Å². The zero-order valence-corrected chi connectivity index (χ0v) is 10.6. The summed E-state index contributed by atoms with van der Waals surface area (Å²) in [5, 5.41) is 14.5. The number of carboxylic acid groups (broad SMARTS) is 1. The van der Waals surface area contributed by atoms with Crippen molar-refractivity contribution in [1.29, 1.82) is 0 Å². The predicted molar refractivity (Wildman–Crippen MR) is 71.3 cm³/mol. The van der Waals surface area contributed by atoms with Crippen molar-refractivity contribution in [3.63, 3.8) is 0 Å². The lowest BCUT2D eigenvalue weighted by molar-refractivity contribution is -0.147. The number of hydrogen-bond donors (Lipinski definition) is 3. The smallest absolute Gasteiger partial charge is 0.333 e. The van der Waals surface area contributed by atoms with Crippen LogP contribution >= 0.6 is 0 Å². The van der Waals surface area contributed by atoms with Crippen LogP contribution in [0.4, 0.5) is 0 Å². The highest BCUT2D eigenvalue weighted by Gasteiger charge is 2.36. The molecule has 0 saturated heterocycles. The van der Waals surface area contributed by atoms with Crippen LogP contribution in [0.15, 0.2) is 30.3 Å². The quantitative estimate of drug-likeness (QED) is 0.508. The summed E-state index contributed by atoms with van der Waals surface area (Å²) in [5.74, 6) is 0.785. The van der Waals surface area contributed by atoms with E-state index in [1.165, 1.54) is 6.92 Å². The van der Waals surface area contributed by atoms with Crippen molar-refractivity contribution in [1.82, 2.24) is 10.6 Å². The fourth-order valence-electron chi connectivity index (χ4n) is 1.59. The second-order valence-electron chi connectivity index (χ2n) is 4.15. The number of terminal acetylenes is 1. The van der Waals surface area contributed by atoms with E-state index in [-0.39, 0.29) is 13.1 Å². The van der Waals surface area contributed by atoms with E-state index in [2.05, 4.69) is 16.6 Å². The van der Waals surface area contributed by atoms with Crippen molar-refractivity contribution < 1.29 is 14.7 Å². The molecule has 0 aliphatic rings. The maximum absolute atomic E-state index is 11.7. The van der Waals surface area contributed by atoms with Crippen LogP contribution in [0.25, 0.3) is 0 Å². The highest BCUT2D eigenvalue weighted by Crippen LogP contribution is 2.20. The Morgan fingerprint density at radius 3 is 2.53 bits per heavy atom. The highest BCUT2D eigenvalue weighted by atomic mass is 16.4. The van der Waals surface area contributed by atoms with Gasteiger partial charge in [0, 0.05) is 0 Å². The van der Waals surface area contributed by atoms with Crippen molar-refractivity contribution in [2.45, 2.75) is 12.5 Å². The van der Waals surface area contributed by atoms with Crippen LogP contribution in [0.2, 0.25) is 0 Å². The second kappa shape index (κ2) is 6.57. The van der Waals surface area contributed by atoms with Gasteiger partial charge in [-0.25, -0.2) is 4.79 Å². The summed E-state index contributed by atoms with van der Waals surface area (Å²) in [6.07, 6.45) is 5.04. The Hall–Kier alpha value is -2.32. The number of hydrogen-bond acceptors (Lipinski definition) is 3. The Balaban J connectivity index is 2.82. The molecule has 5 heteroatoms. The number of rotatable bonds is 6. The third-order valence-electron chi connectivity index (χ3n) is 2.68. The molecular weight excluding hydrogens is 244 g/mol. The number of aliphatic carboxylic acids is 1. The van der Waals surface area contributed by atoms with Crippen LogP contribution in [0.1, 0.15) is 12.5 Å². The molecule has 1 aromatic rings. The van der Waals surface area contributed by atoms with E-state index in [0.717, 1.165) is 0 Å². The molecule has 0 radical (unpaired) electrons. The summed E-state index contributed by atoms with van der Waals surface area (Å²) in [4.78, 5) is 23.1. The topological polar surface area (TPSA) is 78.4 Å². The first kappa shape index (κ1) is 14.7. The van der Waals surface area contributed by atoms with Gasteiger partial charge in [-0.3, -0.25) is 10.1 Å². The van der Waals surface area contributed by atoms with Crippen LogP contribution in [0.3, 0.4) is 0 Å². The number of nitrogens with one attached hydrogen (secondary N) is 2. The van der Waals surface area contributed by atoms with Crippen LogP contribution < -0.4 is 10.6 Å². The predicted octanol–water partition coefficient (Wildman–Crippen LogP) is 0.325. The Morgan fingerprint density at radius 1 is 1.37 bits per heavy atom. The molecule has 1 rings (SSSR count). The number of carbonyl (C=O) groups excluding carboxylic acids is 1. The minimum absolute atomic E-state index is 0.0279. The number of benzene rings is 1. The standard InChI is InChI=1S/C14H16N2O3/c1-3-9-15-10-12(17)16-14(2,13(18)19)11-7-5-4-6-8-11/h1,4-8,15H,9-10H2,2H3,(H,16,17)(H,18,19). The molecule has 0 aliphatic heterocycles. The SMILES string of the molecule is C#CCNCC(=O)NC(C)(C(=O)O)c1ccccc1. The van der Waals surface area contributed by atoms with Gasteiger partial charge < -0.3 is 10.4 Å². The van der Waals surface area contributed by atoms with Crippen molar-refractivity contribution >= 4 is 11.9 Å². The largest absolute Gasteiger partial charge is 0.479 e. The molecule has 5 nitrogen and oxygen atoms in total. The van der Waals surface area contributed by atoms with E-state index in [1.807, 2.05) is 0 Å². The Labute approximate surface area is 112 Å². The Bertz CT molecular complexity index is 493. The van der Waals surface area contributed by atoms with Gasteiger partial charge in [0.15, 0.2) is 5.54 Å². The fourth-order valence-corrected chi connectivity index (χ4v) is 1.59. The Kier molecular flexibility index (Phi) is 5.10. The molecule has 1 unspecified atom stereocenters. The summed E-state index contributed by atoms with van der Waals surface area (Å²) in [6, 6.07) is 8.53. The minimum Gasteiger partial charge on any atom is -0.479 e. The first-order chi connectivity index (χ1) is 9.00. The molecule has 100 valence electrons. The first-order valence-corrected chi connectivity index (χ1v) is 5.75. The molecule has 0 aromatic heterocycles. The van der Waals surface area contributed by atoms with Crippen LogP contribution in [-0.2, 0) is 15.1 Å². The zero-order valence-electron chi connectivity index (χ0n) is 10.6.